The van der Waals surface area contributed by atoms with Gasteiger partial charge < -0.3 is 0 Å². The van der Waals surface area contributed by atoms with E-state index >= 15 is 0 Å². The van der Waals surface area contributed by atoms with E-state index in [0.29, 0.717) is 0 Å². The van der Waals surface area contributed by atoms with Gasteiger partial charge >= 0.3 is 0 Å². The van der Waals surface area contributed by atoms with E-state index in [1.54, 1.807) is 0 Å². The molecular weight excluding hydrogens is 667 g/mol. The molecular formula is C52H33N3. The number of hydrogen-bond acceptors (Lipinski definition) is 2. The molecule has 0 saturated carbocycles. The van der Waals surface area contributed by atoms with Crippen molar-refractivity contribution in [2.75, 3.05) is 0 Å². The van der Waals surface area contributed by atoms with Gasteiger partial charge in [-0.15, -0.1) is 0 Å². The number of imidazole rings is 1. The molecule has 0 aliphatic rings. The molecule has 11 aromatic rings. The summed E-state index contributed by atoms with van der Waals surface area (Å²) in [5.74, 6) is 1.71. The third-order valence-corrected chi connectivity index (χ3v) is 11.0. The fraction of sp³-hybridized carbons (Fsp3) is 0. The minimum atomic E-state index is 0.832. The normalized spacial score (nSPS) is 11.6. The lowest BCUT2D eigenvalue weighted by atomic mass is 9.84. The fourth-order valence-electron chi connectivity index (χ4n) is 8.40. The van der Waals surface area contributed by atoms with E-state index in [1.807, 2.05) is 18.3 Å². The van der Waals surface area contributed by atoms with Crippen molar-refractivity contribution < 1.29 is 0 Å². The predicted molar refractivity (Wildman–Crippen MR) is 231 cm³/mol. The zero-order valence-electron chi connectivity index (χ0n) is 29.9. The first-order chi connectivity index (χ1) is 27.3. The average Bonchev–Trinajstić information content (AvgIpc) is 3.65. The molecule has 11 rings (SSSR count). The predicted octanol–water partition coefficient (Wildman–Crippen LogP) is 13.7. The van der Waals surface area contributed by atoms with E-state index < -0.39 is 0 Å². The van der Waals surface area contributed by atoms with Gasteiger partial charge in [-0.1, -0.05) is 152 Å². The van der Waals surface area contributed by atoms with Gasteiger partial charge in [0.1, 0.15) is 11.6 Å². The van der Waals surface area contributed by atoms with Crippen LogP contribution in [-0.2, 0) is 0 Å². The highest BCUT2D eigenvalue weighted by Gasteiger charge is 2.19. The molecule has 2 heterocycles. The number of nitrogens with zero attached hydrogens (tertiary/aromatic N) is 3. The van der Waals surface area contributed by atoms with Crippen molar-refractivity contribution in [3.05, 3.63) is 200 Å². The summed E-state index contributed by atoms with van der Waals surface area (Å²) in [6, 6.07) is 69.7. The molecule has 0 radical (unpaired) electrons. The Morgan fingerprint density at radius 2 is 0.891 bits per heavy atom. The Hall–Kier alpha value is -7.36. The summed E-state index contributed by atoms with van der Waals surface area (Å²) < 4.78 is 2.16. The zero-order chi connectivity index (χ0) is 36.3. The van der Waals surface area contributed by atoms with Crippen LogP contribution in [0.4, 0.5) is 0 Å². The van der Waals surface area contributed by atoms with Crippen LogP contribution in [0.2, 0.25) is 0 Å². The second kappa shape index (κ2) is 12.6. The molecule has 0 spiro atoms. The van der Waals surface area contributed by atoms with Crippen LogP contribution < -0.4 is 0 Å². The van der Waals surface area contributed by atoms with E-state index in [1.165, 1.54) is 65.3 Å². The van der Waals surface area contributed by atoms with Crippen LogP contribution in [0.25, 0.3) is 105 Å². The number of fused-ring (bicyclic) bond motifs is 5. The highest BCUT2D eigenvalue weighted by molar-refractivity contribution is 6.22. The molecule has 0 aliphatic heterocycles. The molecule has 0 atom stereocenters. The van der Waals surface area contributed by atoms with E-state index in [4.69, 9.17) is 9.97 Å². The summed E-state index contributed by atoms with van der Waals surface area (Å²) in [5.41, 5.74) is 10.1. The van der Waals surface area contributed by atoms with Crippen molar-refractivity contribution in [1.29, 1.82) is 0 Å². The monoisotopic (exact) mass is 699 g/mol. The highest BCUT2D eigenvalue weighted by atomic mass is 15.1. The van der Waals surface area contributed by atoms with Crippen LogP contribution in [0.5, 0.6) is 0 Å². The average molecular weight is 700 g/mol. The topological polar surface area (TPSA) is 30.7 Å². The quantitative estimate of drug-likeness (QED) is 0.167. The largest absolute Gasteiger partial charge is 0.276 e. The Morgan fingerprint density at radius 3 is 1.56 bits per heavy atom. The second-order valence-corrected chi connectivity index (χ2v) is 14.2. The van der Waals surface area contributed by atoms with Gasteiger partial charge in [-0.2, -0.15) is 0 Å². The van der Waals surface area contributed by atoms with Gasteiger partial charge in [0.05, 0.1) is 11.0 Å². The summed E-state index contributed by atoms with van der Waals surface area (Å²) in [5, 5.41) is 9.86. The highest BCUT2D eigenvalue weighted by Crippen LogP contribution is 2.45. The molecule has 0 unspecified atom stereocenters. The Kier molecular flexibility index (Phi) is 7.17. The minimum Gasteiger partial charge on any atom is -0.276 e. The van der Waals surface area contributed by atoms with Gasteiger partial charge in [-0.05, 0) is 113 Å². The summed E-state index contributed by atoms with van der Waals surface area (Å²) in [4.78, 5) is 10.1. The van der Waals surface area contributed by atoms with Gasteiger partial charge in [0.15, 0.2) is 0 Å². The van der Waals surface area contributed by atoms with Crippen LogP contribution in [0, 0.1) is 0 Å². The standard InChI is InChI=1S/C52H33N3/c1-2-14-36(15-3-1)52-54-47-20-10-11-21-48(47)55(52)49-29-27-42(33-53-49)39-26-28-45-46(32-39)51(41-25-23-35-13-5-7-17-38(35)31-41)44-19-9-8-18-43(44)50(45)40-24-22-34-12-4-6-16-37(34)30-40/h1-33H. The third kappa shape index (κ3) is 5.20. The van der Waals surface area contributed by atoms with Crippen LogP contribution in [-0.4, -0.2) is 14.5 Å². The lowest BCUT2D eigenvalue weighted by molar-refractivity contribution is 1.03. The lowest BCUT2D eigenvalue weighted by Crippen LogP contribution is -2.00. The lowest BCUT2D eigenvalue weighted by Gasteiger charge is -2.19. The molecule has 55 heavy (non-hydrogen) atoms. The van der Waals surface area contributed by atoms with Crippen LogP contribution in [0.3, 0.4) is 0 Å². The number of para-hydroxylation sites is 2. The number of hydrogen-bond donors (Lipinski definition) is 0. The van der Waals surface area contributed by atoms with Crippen molar-refractivity contribution in [3.63, 3.8) is 0 Å². The summed E-state index contributed by atoms with van der Waals surface area (Å²) >= 11 is 0. The van der Waals surface area contributed by atoms with Crippen molar-refractivity contribution in [1.82, 2.24) is 14.5 Å². The first-order valence-corrected chi connectivity index (χ1v) is 18.7. The third-order valence-electron chi connectivity index (χ3n) is 11.0. The van der Waals surface area contributed by atoms with E-state index in [-0.39, 0.29) is 0 Å². The molecule has 3 heteroatoms. The molecule has 0 amide bonds. The van der Waals surface area contributed by atoms with Gasteiger partial charge in [0, 0.05) is 17.3 Å². The van der Waals surface area contributed by atoms with Crippen molar-refractivity contribution >= 4 is 54.1 Å². The Balaban J connectivity index is 1.13. The van der Waals surface area contributed by atoms with Crippen molar-refractivity contribution in [3.8, 4) is 50.6 Å². The number of pyridine rings is 1. The molecule has 0 saturated heterocycles. The summed E-state index contributed by atoms with van der Waals surface area (Å²) in [7, 11) is 0. The fourth-order valence-corrected chi connectivity index (χ4v) is 8.40. The molecule has 0 N–H and O–H groups in total. The van der Waals surface area contributed by atoms with E-state index in [2.05, 4.69) is 187 Å². The Bertz CT molecular complexity index is 3250. The van der Waals surface area contributed by atoms with Crippen molar-refractivity contribution in [2.45, 2.75) is 0 Å². The first-order valence-electron chi connectivity index (χ1n) is 18.7. The van der Waals surface area contributed by atoms with Gasteiger partial charge in [-0.3, -0.25) is 4.57 Å². The number of benzene rings is 9. The van der Waals surface area contributed by atoms with Gasteiger partial charge in [-0.25, -0.2) is 9.97 Å². The van der Waals surface area contributed by atoms with E-state index in [9.17, 15) is 0 Å². The minimum absolute atomic E-state index is 0.832. The molecule has 0 aliphatic carbocycles. The summed E-state index contributed by atoms with van der Waals surface area (Å²) in [6.45, 7) is 0. The molecule has 0 bridgehead atoms. The Morgan fingerprint density at radius 1 is 0.345 bits per heavy atom. The Labute approximate surface area is 318 Å². The number of rotatable bonds is 5. The van der Waals surface area contributed by atoms with Crippen LogP contribution in [0.15, 0.2) is 200 Å². The van der Waals surface area contributed by atoms with Gasteiger partial charge in [0.2, 0.25) is 0 Å². The van der Waals surface area contributed by atoms with Crippen LogP contribution in [0.1, 0.15) is 0 Å². The molecule has 0 fully saturated rings. The van der Waals surface area contributed by atoms with E-state index in [0.717, 1.165) is 39.4 Å². The molecule has 2 aromatic heterocycles. The maximum absolute atomic E-state index is 5.10. The SMILES string of the molecule is c1ccc(-c2nc3ccccc3n2-c2ccc(-c3ccc4c(-c5ccc6ccccc6c5)c5ccccc5c(-c5ccc6ccccc6c5)c4c3)cn2)cc1. The maximum atomic E-state index is 5.10. The van der Waals surface area contributed by atoms with Gasteiger partial charge in [0.25, 0.3) is 0 Å². The molecule has 9 aromatic carbocycles. The second-order valence-electron chi connectivity index (χ2n) is 14.2. The maximum Gasteiger partial charge on any atom is 0.146 e. The number of aromatic nitrogens is 3. The van der Waals surface area contributed by atoms with Crippen LogP contribution >= 0.6 is 0 Å². The molecule has 256 valence electrons. The zero-order valence-corrected chi connectivity index (χ0v) is 29.9. The smallest absolute Gasteiger partial charge is 0.146 e. The summed E-state index contributed by atoms with van der Waals surface area (Å²) in [6.07, 6.45) is 2.00. The first kappa shape index (κ1) is 31.2. The molecule has 3 nitrogen and oxygen atoms in total. The van der Waals surface area contributed by atoms with Crippen molar-refractivity contribution in [2.24, 2.45) is 0 Å².